The Labute approximate surface area is 121 Å². The van der Waals surface area contributed by atoms with Crippen molar-refractivity contribution in [2.45, 2.75) is 40.2 Å². The van der Waals surface area contributed by atoms with Gasteiger partial charge in [-0.2, -0.15) is 0 Å². The Kier molecular flexibility index (Phi) is 3.18. The smallest absolute Gasteiger partial charge is 0.0406 e. The van der Waals surface area contributed by atoms with Crippen LogP contribution in [0.4, 0.5) is 0 Å². The average Bonchev–Trinajstić information content (AvgIpc) is 2.51. The Morgan fingerprint density at radius 2 is 1.89 bits per heavy atom. The van der Waals surface area contributed by atoms with Gasteiger partial charge in [0, 0.05) is 24.7 Å². The quantitative estimate of drug-likeness (QED) is 0.764. The van der Waals surface area contributed by atoms with Crippen LogP contribution < -0.4 is 0 Å². The molecular weight excluding hydrogens is 254 g/mol. The lowest BCUT2D eigenvalue weighted by Gasteiger charge is -2.50. The van der Waals surface area contributed by atoms with Crippen molar-refractivity contribution in [3.05, 3.63) is 34.9 Å². The molecule has 1 aromatic carbocycles. The van der Waals surface area contributed by atoms with Crippen molar-refractivity contribution in [2.24, 2.45) is 16.7 Å². The first-order valence-corrected chi connectivity index (χ1v) is 7.75. The van der Waals surface area contributed by atoms with Crippen molar-refractivity contribution in [1.29, 1.82) is 0 Å². The third kappa shape index (κ3) is 2.21. The van der Waals surface area contributed by atoms with Crippen LogP contribution in [0.3, 0.4) is 0 Å². The first-order chi connectivity index (χ1) is 8.91. The average molecular weight is 278 g/mol. The summed E-state index contributed by atoms with van der Waals surface area (Å²) in [4.78, 5) is 2.64. The fourth-order valence-corrected chi connectivity index (χ4v) is 4.24. The van der Waals surface area contributed by atoms with Crippen LogP contribution in [0, 0.1) is 16.7 Å². The summed E-state index contributed by atoms with van der Waals surface area (Å²) in [6.45, 7) is 11.0. The second kappa shape index (κ2) is 4.49. The topological polar surface area (TPSA) is 3.24 Å². The molecule has 2 atom stereocenters. The molecule has 0 aromatic heterocycles. The molecule has 2 fully saturated rings. The normalized spacial score (nSPS) is 33.6. The van der Waals surface area contributed by atoms with Crippen LogP contribution in [0.25, 0.3) is 0 Å². The molecule has 1 saturated carbocycles. The van der Waals surface area contributed by atoms with Gasteiger partial charge in [-0.1, -0.05) is 44.5 Å². The minimum absolute atomic E-state index is 0.488. The standard InChI is InChI=1S/C17H24ClN/c1-16(2)14-8-9-17(16,3)12-19(11-14)10-13-4-6-15(18)7-5-13/h4-7,14H,8-12H2,1-3H3. The zero-order valence-electron chi connectivity index (χ0n) is 12.2. The van der Waals surface area contributed by atoms with Gasteiger partial charge in [-0.3, -0.25) is 4.90 Å². The van der Waals surface area contributed by atoms with Crippen LogP contribution in [-0.2, 0) is 6.54 Å². The van der Waals surface area contributed by atoms with Crippen LogP contribution in [0.1, 0.15) is 39.2 Å². The molecule has 1 aromatic rings. The molecule has 3 rings (SSSR count). The molecule has 2 aliphatic rings. The fourth-order valence-electron chi connectivity index (χ4n) is 4.11. The van der Waals surface area contributed by atoms with E-state index in [0.29, 0.717) is 10.8 Å². The fraction of sp³-hybridized carbons (Fsp3) is 0.647. The summed E-state index contributed by atoms with van der Waals surface area (Å²) in [5.41, 5.74) is 2.37. The van der Waals surface area contributed by atoms with Gasteiger partial charge in [0.2, 0.25) is 0 Å². The minimum atomic E-state index is 0.488. The third-order valence-electron chi connectivity index (χ3n) is 5.99. The van der Waals surface area contributed by atoms with Crippen molar-refractivity contribution >= 4 is 11.6 Å². The second-order valence-electron chi connectivity index (χ2n) is 7.31. The molecule has 104 valence electrons. The number of benzene rings is 1. The van der Waals surface area contributed by atoms with Crippen LogP contribution >= 0.6 is 11.6 Å². The molecular formula is C17H24ClN. The van der Waals surface area contributed by atoms with Crippen LogP contribution in [0.15, 0.2) is 24.3 Å². The summed E-state index contributed by atoms with van der Waals surface area (Å²) in [6, 6.07) is 8.32. The van der Waals surface area contributed by atoms with E-state index in [2.05, 4.69) is 37.8 Å². The molecule has 0 spiro atoms. The molecule has 1 saturated heterocycles. The summed E-state index contributed by atoms with van der Waals surface area (Å²) in [5, 5.41) is 0.829. The Morgan fingerprint density at radius 3 is 2.53 bits per heavy atom. The SMILES string of the molecule is CC12CCC(CN(Cc3ccc(Cl)cc3)C1)C2(C)C. The molecule has 2 bridgehead atoms. The lowest BCUT2D eigenvalue weighted by Crippen LogP contribution is -2.51. The van der Waals surface area contributed by atoms with E-state index < -0.39 is 0 Å². The Bertz CT molecular complexity index is 465. The highest BCUT2D eigenvalue weighted by molar-refractivity contribution is 6.30. The second-order valence-corrected chi connectivity index (χ2v) is 7.75. The number of halogens is 1. The zero-order valence-corrected chi connectivity index (χ0v) is 13.0. The number of hydrogen-bond acceptors (Lipinski definition) is 1. The molecule has 1 nitrogen and oxygen atoms in total. The number of piperidine rings is 1. The van der Waals surface area contributed by atoms with Crippen molar-refractivity contribution in [3.8, 4) is 0 Å². The zero-order chi connectivity index (χ0) is 13.7. The molecule has 19 heavy (non-hydrogen) atoms. The Balaban J connectivity index is 1.74. The maximum atomic E-state index is 5.96. The van der Waals surface area contributed by atoms with Crippen LogP contribution in [0.2, 0.25) is 5.02 Å². The third-order valence-corrected chi connectivity index (χ3v) is 6.24. The molecule has 2 unspecified atom stereocenters. The van der Waals surface area contributed by atoms with Gasteiger partial charge in [0.1, 0.15) is 0 Å². The van der Waals surface area contributed by atoms with Crippen molar-refractivity contribution in [1.82, 2.24) is 4.90 Å². The summed E-state index contributed by atoms with van der Waals surface area (Å²) in [5.74, 6) is 0.860. The largest absolute Gasteiger partial charge is 0.298 e. The molecule has 0 N–H and O–H groups in total. The van der Waals surface area contributed by atoms with Gasteiger partial charge in [0.25, 0.3) is 0 Å². The predicted octanol–water partition coefficient (Wildman–Crippen LogP) is 4.60. The summed E-state index contributed by atoms with van der Waals surface area (Å²) in [7, 11) is 0. The predicted molar refractivity (Wildman–Crippen MR) is 81.3 cm³/mol. The summed E-state index contributed by atoms with van der Waals surface area (Å²) >= 11 is 5.96. The molecule has 1 aliphatic heterocycles. The lowest BCUT2D eigenvalue weighted by molar-refractivity contribution is -0.0210. The number of nitrogens with zero attached hydrogens (tertiary/aromatic N) is 1. The highest BCUT2D eigenvalue weighted by atomic mass is 35.5. The van der Waals surface area contributed by atoms with E-state index in [1.165, 1.54) is 31.5 Å². The van der Waals surface area contributed by atoms with Crippen molar-refractivity contribution in [3.63, 3.8) is 0 Å². The molecule has 2 heteroatoms. The first-order valence-electron chi connectivity index (χ1n) is 7.37. The number of rotatable bonds is 2. The van der Waals surface area contributed by atoms with E-state index >= 15 is 0 Å². The van der Waals surface area contributed by atoms with Crippen LogP contribution in [0.5, 0.6) is 0 Å². The van der Waals surface area contributed by atoms with Crippen molar-refractivity contribution < 1.29 is 0 Å². The van der Waals surface area contributed by atoms with E-state index in [1.54, 1.807) is 0 Å². The first kappa shape index (κ1) is 13.5. The summed E-state index contributed by atoms with van der Waals surface area (Å²) in [6.07, 6.45) is 2.79. The van der Waals surface area contributed by atoms with E-state index in [4.69, 9.17) is 11.6 Å². The minimum Gasteiger partial charge on any atom is -0.298 e. The van der Waals surface area contributed by atoms with Gasteiger partial charge in [0.15, 0.2) is 0 Å². The Morgan fingerprint density at radius 1 is 1.21 bits per heavy atom. The van der Waals surface area contributed by atoms with Gasteiger partial charge in [-0.25, -0.2) is 0 Å². The summed E-state index contributed by atoms with van der Waals surface area (Å²) < 4.78 is 0. The van der Waals surface area contributed by atoms with Gasteiger partial charge >= 0.3 is 0 Å². The maximum absolute atomic E-state index is 5.96. The van der Waals surface area contributed by atoms with E-state index in [1.807, 2.05) is 12.1 Å². The van der Waals surface area contributed by atoms with Crippen LogP contribution in [-0.4, -0.2) is 18.0 Å². The Hall–Kier alpha value is -0.530. The van der Waals surface area contributed by atoms with Crippen molar-refractivity contribution in [2.75, 3.05) is 13.1 Å². The van der Waals surface area contributed by atoms with Gasteiger partial charge in [-0.15, -0.1) is 0 Å². The highest BCUT2D eigenvalue weighted by Crippen LogP contribution is 2.59. The molecule has 0 amide bonds. The number of fused-ring (bicyclic) bond motifs is 2. The number of likely N-dealkylation sites (tertiary alicyclic amines) is 1. The maximum Gasteiger partial charge on any atom is 0.0406 e. The lowest BCUT2D eigenvalue weighted by atomic mass is 9.63. The van der Waals surface area contributed by atoms with Gasteiger partial charge in [-0.05, 0) is 47.3 Å². The van der Waals surface area contributed by atoms with E-state index in [-0.39, 0.29) is 0 Å². The highest BCUT2D eigenvalue weighted by Gasteiger charge is 2.55. The van der Waals surface area contributed by atoms with E-state index in [0.717, 1.165) is 17.5 Å². The number of hydrogen-bond donors (Lipinski definition) is 0. The monoisotopic (exact) mass is 277 g/mol. The van der Waals surface area contributed by atoms with Gasteiger partial charge < -0.3 is 0 Å². The van der Waals surface area contributed by atoms with E-state index in [9.17, 15) is 0 Å². The van der Waals surface area contributed by atoms with Gasteiger partial charge in [0.05, 0.1) is 0 Å². The molecule has 0 radical (unpaired) electrons. The molecule has 1 aliphatic carbocycles. The molecule has 1 heterocycles.